The number of fused-ring (bicyclic) bond motifs is 1. The van der Waals surface area contributed by atoms with Crippen molar-refractivity contribution in [2.45, 2.75) is 6.04 Å². The van der Waals surface area contributed by atoms with Gasteiger partial charge in [-0.05, 0) is 16.8 Å². The predicted octanol–water partition coefficient (Wildman–Crippen LogP) is 2.93. The summed E-state index contributed by atoms with van der Waals surface area (Å²) >= 11 is 0. The Balaban J connectivity index is 0.00000133. The summed E-state index contributed by atoms with van der Waals surface area (Å²) in [5, 5.41) is 5.97. The van der Waals surface area contributed by atoms with Gasteiger partial charge in [0.15, 0.2) is 0 Å². The van der Waals surface area contributed by atoms with Crippen molar-refractivity contribution in [1.82, 2.24) is 5.32 Å². The van der Waals surface area contributed by atoms with Crippen LogP contribution in [-0.4, -0.2) is 26.9 Å². The van der Waals surface area contributed by atoms with Gasteiger partial charge in [0.2, 0.25) is 0 Å². The first kappa shape index (κ1) is 14.1. The quantitative estimate of drug-likeness (QED) is 0.917. The van der Waals surface area contributed by atoms with E-state index in [0.717, 1.165) is 18.9 Å². The summed E-state index contributed by atoms with van der Waals surface area (Å²) in [6.45, 7) is 2.37. The predicted molar refractivity (Wildman–Crippen MR) is 79.3 cm³/mol. The lowest BCUT2D eigenvalue weighted by Crippen LogP contribution is -2.34. The number of benzene rings is 2. The molecule has 19 heavy (non-hydrogen) atoms. The number of halogens is 1. The maximum absolute atomic E-state index is 5.57. The first-order valence-electron chi connectivity index (χ1n) is 6.27. The minimum atomic E-state index is 0. The highest BCUT2D eigenvalue weighted by molar-refractivity contribution is 5.88. The van der Waals surface area contributed by atoms with E-state index in [1.807, 2.05) is 6.07 Å². The van der Waals surface area contributed by atoms with Crippen LogP contribution in [0.25, 0.3) is 10.8 Å². The van der Waals surface area contributed by atoms with Crippen LogP contribution in [0.4, 0.5) is 0 Å². The molecule has 0 bridgehead atoms. The number of nitrogens with one attached hydrogen (secondary N) is 1. The topological polar surface area (TPSA) is 30.5 Å². The summed E-state index contributed by atoms with van der Waals surface area (Å²) in [6.07, 6.45) is 0. The van der Waals surface area contributed by atoms with Gasteiger partial charge in [0.05, 0.1) is 26.4 Å². The van der Waals surface area contributed by atoms with E-state index < -0.39 is 0 Å². The number of hydrogen-bond acceptors (Lipinski definition) is 3. The second kappa shape index (κ2) is 6.24. The molecule has 0 aromatic heterocycles. The Bertz CT molecular complexity index is 553. The highest BCUT2D eigenvalue weighted by Gasteiger charge is 2.21. The SMILES string of the molecule is COc1ccc2ccccc2c1[C@H]1COCCN1.Cl. The number of ether oxygens (including phenoxy) is 2. The van der Waals surface area contributed by atoms with Gasteiger partial charge in [-0.25, -0.2) is 0 Å². The van der Waals surface area contributed by atoms with E-state index >= 15 is 0 Å². The minimum absolute atomic E-state index is 0. The summed E-state index contributed by atoms with van der Waals surface area (Å²) < 4.78 is 11.1. The Labute approximate surface area is 119 Å². The van der Waals surface area contributed by atoms with Gasteiger partial charge >= 0.3 is 0 Å². The maximum atomic E-state index is 5.57. The van der Waals surface area contributed by atoms with E-state index in [0.29, 0.717) is 6.61 Å². The molecule has 0 saturated carbocycles. The monoisotopic (exact) mass is 279 g/mol. The lowest BCUT2D eigenvalue weighted by atomic mass is 9.97. The first-order valence-corrected chi connectivity index (χ1v) is 6.27. The normalized spacial score (nSPS) is 18.9. The molecule has 1 fully saturated rings. The van der Waals surface area contributed by atoms with Crippen LogP contribution >= 0.6 is 12.4 Å². The zero-order valence-electron chi connectivity index (χ0n) is 10.9. The number of hydrogen-bond donors (Lipinski definition) is 1. The van der Waals surface area contributed by atoms with Crippen molar-refractivity contribution in [3.8, 4) is 5.75 Å². The summed E-state index contributed by atoms with van der Waals surface area (Å²) in [5.74, 6) is 0.928. The fraction of sp³-hybridized carbons (Fsp3) is 0.333. The molecule has 1 heterocycles. The lowest BCUT2D eigenvalue weighted by Gasteiger charge is -2.26. The maximum Gasteiger partial charge on any atom is 0.124 e. The fourth-order valence-corrected chi connectivity index (χ4v) is 2.56. The molecule has 2 aromatic rings. The van der Waals surface area contributed by atoms with Crippen molar-refractivity contribution < 1.29 is 9.47 Å². The standard InChI is InChI=1S/C15H17NO2.ClH/c1-17-14-7-6-11-4-2-3-5-12(11)15(14)13-10-18-9-8-16-13;/h2-7,13,16H,8-10H2,1H3;1H/t13-;/m1./s1. The van der Waals surface area contributed by atoms with Crippen LogP contribution in [0.1, 0.15) is 11.6 Å². The highest BCUT2D eigenvalue weighted by atomic mass is 35.5. The fourth-order valence-electron chi connectivity index (χ4n) is 2.56. The van der Waals surface area contributed by atoms with Crippen molar-refractivity contribution in [2.75, 3.05) is 26.9 Å². The number of rotatable bonds is 2. The number of morpholine rings is 1. The molecule has 2 aromatic carbocycles. The van der Waals surface area contributed by atoms with Gasteiger partial charge in [-0.1, -0.05) is 30.3 Å². The van der Waals surface area contributed by atoms with Crippen molar-refractivity contribution in [3.05, 3.63) is 42.0 Å². The zero-order valence-corrected chi connectivity index (χ0v) is 11.7. The third kappa shape index (κ3) is 2.68. The molecule has 1 aliphatic heterocycles. The Morgan fingerprint density at radius 2 is 2.05 bits per heavy atom. The smallest absolute Gasteiger partial charge is 0.124 e. The molecule has 0 spiro atoms. The molecule has 4 heteroatoms. The zero-order chi connectivity index (χ0) is 12.4. The highest BCUT2D eigenvalue weighted by Crippen LogP contribution is 2.33. The van der Waals surface area contributed by atoms with Crippen LogP contribution in [0.5, 0.6) is 5.75 Å². The van der Waals surface area contributed by atoms with E-state index in [4.69, 9.17) is 9.47 Å². The average molecular weight is 280 g/mol. The van der Waals surface area contributed by atoms with Crippen LogP contribution in [0.15, 0.2) is 36.4 Å². The van der Waals surface area contributed by atoms with Gasteiger partial charge in [-0.3, -0.25) is 0 Å². The van der Waals surface area contributed by atoms with Crippen molar-refractivity contribution in [3.63, 3.8) is 0 Å². The summed E-state index contributed by atoms with van der Waals surface area (Å²) in [7, 11) is 1.72. The van der Waals surface area contributed by atoms with Gasteiger partial charge in [-0.15, -0.1) is 12.4 Å². The third-order valence-electron chi connectivity index (χ3n) is 3.42. The van der Waals surface area contributed by atoms with E-state index in [1.54, 1.807) is 7.11 Å². The minimum Gasteiger partial charge on any atom is -0.496 e. The second-order valence-electron chi connectivity index (χ2n) is 4.48. The van der Waals surface area contributed by atoms with Crippen molar-refractivity contribution in [2.24, 2.45) is 0 Å². The van der Waals surface area contributed by atoms with E-state index in [-0.39, 0.29) is 18.4 Å². The average Bonchev–Trinajstić information content (AvgIpc) is 2.47. The molecular weight excluding hydrogens is 262 g/mol. The van der Waals surface area contributed by atoms with Gasteiger partial charge < -0.3 is 14.8 Å². The Hall–Kier alpha value is -1.29. The molecule has 1 atom stereocenters. The molecule has 1 aliphatic rings. The van der Waals surface area contributed by atoms with Gasteiger partial charge in [-0.2, -0.15) is 0 Å². The summed E-state index contributed by atoms with van der Waals surface area (Å²) in [6, 6.07) is 12.7. The first-order chi connectivity index (χ1) is 8.90. The van der Waals surface area contributed by atoms with Gasteiger partial charge in [0, 0.05) is 12.1 Å². The molecule has 102 valence electrons. The largest absolute Gasteiger partial charge is 0.496 e. The molecule has 0 aliphatic carbocycles. The Morgan fingerprint density at radius 1 is 1.21 bits per heavy atom. The van der Waals surface area contributed by atoms with Crippen molar-refractivity contribution in [1.29, 1.82) is 0 Å². The van der Waals surface area contributed by atoms with E-state index in [9.17, 15) is 0 Å². The molecule has 0 radical (unpaired) electrons. The Kier molecular flexibility index (Phi) is 4.64. The molecule has 0 amide bonds. The molecule has 3 rings (SSSR count). The molecule has 1 N–H and O–H groups in total. The van der Waals surface area contributed by atoms with E-state index in [2.05, 4.69) is 35.6 Å². The summed E-state index contributed by atoms with van der Waals surface area (Å²) in [5.41, 5.74) is 1.20. The van der Waals surface area contributed by atoms with Crippen LogP contribution < -0.4 is 10.1 Å². The van der Waals surface area contributed by atoms with Crippen LogP contribution in [0.3, 0.4) is 0 Å². The van der Waals surface area contributed by atoms with E-state index in [1.165, 1.54) is 16.3 Å². The van der Waals surface area contributed by atoms with Crippen LogP contribution in [0, 0.1) is 0 Å². The molecule has 3 nitrogen and oxygen atoms in total. The second-order valence-corrected chi connectivity index (χ2v) is 4.48. The molecular formula is C15H18ClNO2. The molecule has 1 saturated heterocycles. The molecule has 0 unspecified atom stereocenters. The lowest BCUT2D eigenvalue weighted by molar-refractivity contribution is 0.0765. The van der Waals surface area contributed by atoms with Gasteiger partial charge in [0.25, 0.3) is 0 Å². The third-order valence-corrected chi connectivity index (χ3v) is 3.42. The van der Waals surface area contributed by atoms with Crippen molar-refractivity contribution >= 4 is 23.2 Å². The Morgan fingerprint density at radius 3 is 2.79 bits per heavy atom. The van der Waals surface area contributed by atoms with Crippen LogP contribution in [0.2, 0.25) is 0 Å². The van der Waals surface area contributed by atoms with Gasteiger partial charge in [0.1, 0.15) is 5.75 Å². The number of methoxy groups -OCH3 is 1. The summed E-state index contributed by atoms with van der Waals surface area (Å²) in [4.78, 5) is 0. The van der Waals surface area contributed by atoms with Crippen LogP contribution in [-0.2, 0) is 4.74 Å².